The standard InChI is InChI=1S/C12H16BrNS/c1-2-9-7-12(9,8-14)15-11-5-3-10(13)4-6-11/h3-6,9H,2,7-8,14H2,1H3. The molecule has 0 spiro atoms. The van der Waals surface area contributed by atoms with Gasteiger partial charge in [-0.1, -0.05) is 29.3 Å². The average Bonchev–Trinajstić information content (AvgIpc) is 2.96. The molecule has 1 nitrogen and oxygen atoms in total. The summed E-state index contributed by atoms with van der Waals surface area (Å²) >= 11 is 5.40. The van der Waals surface area contributed by atoms with E-state index in [1.807, 2.05) is 11.8 Å². The molecule has 1 aromatic carbocycles. The molecule has 2 rings (SSSR count). The van der Waals surface area contributed by atoms with Gasteiger partial charge in [0.15, 0.2) is 0 Å². The van der Waals surface area contributed by atoms with Crippen molar-refractivity contribution in [3.05, 3.63) is 28.7 Å². The van der Waals surface area contributed by atoms with Crippen molar-refractivity contribution in [2.75, 3.05) is 6.54 Å². The summed E-state index contributed by atoms with van der Waals surface area (Å²) < 4.78 is 1.47. The van der Waals surface area contributed by atoms with Crippen molar-refractivity contribution < 1.29 is 0 Å². The first kappa shape index (κ1) is 11.5. The van der Waals surface area contributed by atoms with Gasteiger partial charge >= 0.3 is 0 Å². The summed E-state index contributed by atoms with van der Waals surface area (Å²) in [5, 5.41) is 0. The van der Waals surface area contributed by atoms with Crippen LogP contribution in [0, 0.1) is 5.92 Å². The van der Waals surface area contributed by atoms with E-state index >= 15 is 0 Å². The Labute approximate surface area is 104 Å². The minimum absolute atomic E-state index is 0.336. The molecule has 0 saturated heterocycles. The Morgan fingerprint density at radius 3 is 2.60 bits per heavy atom. The van der Waals surface area contributed by atoms with Gasteiger partial charge in [0.25, 0.3) is 0 Å². The van der Waals surface area contributed by atoms with E-state index in [1.165, 1.54) is 17.7 Å². The maximum atomic E-state index is 5.88. The Morgan fingerprint density at radius 2 is 2.13 bits per heavy atom. The van der Waals surface area contributed by atoms with Gasteiger partial charge in [-0.3, -0.25) is 0 Å². The molecule has 0 amide bonds. The Morgan fingerprint density at radius 1 is 1.47 bits per heavy atom. The summed E-state index contributed by atoms with van der Waals surface area (Å²) in [6, 6.07) is 8.51. The molecule has 0 radical (unpaired) electrons. The highest BCUT2D eigenvalue weighted by atomic mass is 79.9. The SMILES string of the molecule is CCC1CC1(CN)Sc1ccc(Br)cc1. The van der Waals surface area contributed by atoms with Crippen LogP contribution in [-0.4, -0.2) is 11.3 Å². The first-order valence-corrected chi connectivity index (χ1v) is 6.96. The molecule has 0 aliphatic heterocycles. The smallest absolute Gasteiger partial charge is 0.0361 e. The summed E-state index contributed by atoms with van der Waals surface area (Å²) in [4.78, 5) is 1.33. The summed E-state index contributed by atoms with van der Waals surface area (Å²) in [5.74, 6) is 0.816. The van der Waals surface area contributed by atoms with Gasteiger partial charge in [0.05, 0.1) is 0 Å². The van der Waals surface area contributed by atoms with E-state index in [2.05, 4.69) is 47.1 Å². The summed E-state index contributed by atoms with van der Waals surface area (Å²) in [7, 11) is 0. The molecule has 2 unspecified atom stereocenters. The molecular formula is C12H16BrNS. The average molecular weight is 286 g/mol. The lowest BCUT2D eigenvalue weighted by molar-refractivity contribution is 0.718. The van der Waals surface area contributed by atoms with Crippen molar-refractivity contribution in [1.29, 1.82) is 0 Å². The van der Waals surface area contributed by atoms with Crippen LogP contribution in [0.15, 0.2) is 33.6 Å². The van der Waals surface area contributed by atoms with Gasteiger partial charge < -0.3 is 5.73 Å². The van der Waals surface area contributed by atoms with Gasteiger partial charge in [0.1, 0.15) is 0 Å². The van der Waals surface area contributed by atoms with Crippen molar-refractivity contribution in [2.24, 2.45) is 11.7 Å². The van der Waals surface area contributed by atoms with Crippen LogP contribution >= 0.6 is 27.7 Å². The quantitative estimate of drug-likeness (QED) is 0.914. The van der Waals surface area contributed by atoms with E-state index in [0.717, 1.165) is 16.9 Å². The molecule has 0 heterocycles. The maximum absolute atomic E-state index is 5.88. The molecule has 1 fully saturated rings. The monoisotopic (exact) mass is 285 g/mol. The van der Waals surface area contributed by atoms with Gasteiger partial charge in [0.2, 0.25) is 0 Å². The lowest BCUT2D eigenvalue weighted by atomic mass is 10.2. The number of halogens is 1. The Kier molecular flexibility index (Phi) is 3.43. The lowest BCUT2D eigenvalue weighted by Gasteiger charge is -2.14. The van der Waals surface area contributed by atoms with Crippen LogP contribution in [0.25, 0.3) is 0 Å². The summed E-state index contributed by atoms with van der Waals surface area (Å²) in [6.45, 7) is 3.05. The van der Waals surface area contributed by atoms with Crippen LogP contribution in [0.2, 0.25) is 0 Å². The number of thioether (sulfide) groups is 1. The molecule has 1 aliphatic rings. The highest BCUT2D eigenvalue weighted by Crippen LogP contribution is 2.57. The van der Waals surface area contributed by atoms with E-state index in [-0.39, 0.29) is 0 Å². The molecule has 82 valence electrons. The minimum Gasteiger partial charge on any atom is -0.329 e. The van der Waals surface area contributed by atoms with Crippen LogP contribution in [0.5, 0.6) is 0 Å². The zero-order valence-electron chi connectivity index (χ0n) is 8.87. The normalized spacial score (nSPS) is 29.1. The minimum atomic E-state index is 0.336. The third-order valence-electron chi connectivity index (χ3n) is 3.15. The van der Waals surface area contributed by atoms with Crippen molar-refractivity contribution >= 4 is 27.7 Å². The van der Waals surface area contributed by atoms with Gasteiger partial charge in [-0.15, -0.1) is 11.8 Å². The first-order valence-electron chi connectivity index (χ1n) is 5.35. The van der Waals surface area contributed by atoms with Gasteiger partial charge in [-0.25, -0.2) is 0 Å². The second-order valence-electron chi connectivity index (χ2n) is 4.13. The highest BCUT2D eigenvalue weighted by molar-refractivity contribution is 9.10. The number of benzene rings is 1. The zero-order valence-corrected chi connectivity index (χ0v) is 11.3. The van der Waals surface area contributed by atoms with Crippen molar-refractivity contribution in [3.8, 4) is 0 Å². The van der Waals surface area contributed by atoms with Crippen LogP contribution in [-0.2, 0) is 0 Å². The largest absolute Gasteiger partial charge is 0.329 e. The topological polar surface area (TPSA) is 26.0 Å². The molecule has 2 atom stereocenters. The fourth-order valence-electron chi connectivity index (χ4n) is 2.03. The molecular weight excluding hydrogens is 270 g/mol. The van der Waals surface area contributed by atoms with Crippen molar-refractivity contribution in [2.45, 2.75) is 29.4 Å². The van der Waals surface area contributed by atoms with Crippen LogP contribution in [0.1, 0.15) is 19.8 Å². The van der Waals surface area contributed by atoms with Crippen LogP contribution < -0.4 is 5.73 Å². The number of hydrogen-bond donors (Lipinski definition) is 1. The predicted octanol–water partition coefficient (Wildman–Crippen LogP) is 3.67. The fraction of sp³-hybridized carbons (Fsp3) is 0.500. The Hall–Kier alpha value is 0.01000. The van der Waals surface area contributed by atoms with Crippen LogP contribution in [0.4, 0.5) is 0 Å². The highest BCUT2D eigenvalue weighted by Gasteiger charge is 2.52. The third-order valence-corrected chi connectivity index (χ3v) is 5.26. The second kappa shape index (κ2) is 4.48. The molecule has 1 aromatic rings. The lowest BCUT2D eigenvalue weighted by Crippen LogP contribution is -2.20. The second-order valence-corrected chi connectivity index (χ2v) is 6.54. The molecule has 15 heavy (non-hydrogen) atoms. The van der Waals surface area contributed by atoms with Crippen LogP contribution in [0.3, 0.4) is 0 Å². The Bertz CT molecular complexity index is 338. The van der Waals surface area contributed by atoms with E-state index in [1.54, 1.807) is 0 Å². The predicted molar refractivity (Wildman–Crippen MR) is 70.2 cm³/mol. The zero-order chi connectivity index (χ0) is 10.9. The molecule has 3 heteroatoms. The third kappa shape index (κ3) is 2.40. The molecule has 1 saturated carbocycles. The first-order chi connectivity index (χ1) is 7.20. The van der Waals surface area contributed by atoms with Crippen molar-refractivity contribution in [3.63, 3.8) is 0 Å². The number of rotatable bonds is 4. The summed E-state index contributed by atoms with van der Waals surface area (Å²) in [5.41, 5.74) is 5.88. The molecule has 0 aromatic heterocycles. The van der Waals surface area contributed by atoms with Gasteiger partial charge in [-0.05, 0) is 36.6 Å². The van der Waals surface area contributed by atoms with Crippen molar-refractivity contribution in [1.82, 2.24) is 0 Å². The molecule has 1 aliphatic carbocycles. The van der Waals surface area contributed by atoms with E-state index in [9.17, 15) is 0 Å². The van der Waals surface area contributed by atoms with Gasteiger partial charge in [0, 0.05) is 20.7 Å². The Balaban J connectivity index is 2.05. The maximum Gasteiger partial charge on any atom is 0.0361 e. The number of hydrogen-bond acceptors (Lipinski definition) is 2. The molecule has 0 bridgehead atoms. The number of nitrogens with two attached hydrogens (primary N) is 1. The van der Waals surface area contributed by atoms with E-state index in [0.29, 0.717) is 4.75 Å². The summed E-state index contributed by atoms with van der Waals surface area (Å²) in [6.07, 6.45) is 2.53. The van der Waals surface area contributed by atoms with E-state index < -0.39 is 0 Å². The van der Waals surface area contributed by atoms with E-state index in [4.69, 9.17) is 5.73 Å². The fourth-order valence-corrected chi connectivity index (χ4v) is 3.74. The molecule has 2 N–H and O–H groups in total. The van der Waals surface area contributed by atoms with Gasteiger partial charge in [-0.2, -0.15) is 0 Å².